The first-order valence-electron chi connectivity index (χ1n) is 6.11. The smallest absolute Gasteiger partial charge is 0.408 e. The Hall–Kier alpha value is -2.08. The van der Waals surface area contributed by atoms with Gasteiger partial charge in [-0.1, -0.05) is 6.92 Å². The number of hydrogen-bond donors (Lipinski definition) is 1. The predicted octanol–water partition coefficient (Wildman–Crippen LogP) is 0.704. The zero-order valence-electron chi connectivity index (χ0n) is 11.3. The summed E-state index contributed by atoms with van der Waals surface area (Å²) in [4.78, 5) is 24.9. The summed E-state index contributed by atoms with van der Waals surface area (Å²) in [7, 11) is 3.34. The van der Waals surface area contributed by atoms with Crippen molar-refractivity contribution in [2.24, 2.45) is 7.05 Å². The third kappa shape index (κ3) is 2.53. The first-order valence-corrected chi connectivity index (χ1v) is 6.11. The number of likely N-dealkylation sites (N-methyl/N-ethyl adjacent to an activating group) is 2. The SMILES string of the molecule is CCNCC(=O)N(C)c1ccc2oc(=O)n(C)c2c1. The minimum Gasteiger partial charge on any atom is -0.408 e. The van der Waals surface area contributed by atoms with Crippen LogP contribution in [0.15, 0.2) is 27.4 Å². The molecule has 1 heterocycles. The zero-order chi connectivity index (χ0) is 14.0. The molecule has 0 aliphatic heterocycles. The van der Waals surface area contributed by atoms with E-state index in [0.717, 1.165) is 12.2 Å². The highest BCUT2D eigenvalue weighted by atomic mass is 16.4. The lowest BCUT2D eigenvalue weighted by atomic mass is 10.2. The number of aryl methyl sites for hydroxylation is 1. The minimum absolute atomic E-state index is 0.0327. The standard InChI is InChI=1S/C13H17N3O3/c1-4-14-8-12(17)15(2)9-5-6-11-10(7-9)16(3)13(18)19-11/h5-7,14H,4,8H2,1-3H3. The van der Waals surface area contributed by atoms with Gasteiger partial charge >= 0.3 is 5.76 Å². The molecule has 0 saturated carbocycles. The Morgan fingerprint density at radius 1 is 1.47 bits per heavy atom. The fourth-order valence-electron chi connectivity index (χ4n) is 1.82. The monoisotopic (exact) mass is 263 g/mol. The van der Waals surface area contributed by atoms with Crippen LogP contribution in [0.1, 0.15) is 6.92 Å². The normalized spacial score (nSPS) is 10.9. The van der Waals surface area contributed by atoms with E-state index in [9.17, 15) is 9.59 Å². The first kappa shape index (κ1) is 13.4. The predicted molar refractivity (Wildman–Crippen MR) is 73.4 cm³/mol. The van der Waals surface area contributed by atoms with Gasteiger partial charge in [0.25, 0.3) is 0 Å². The second-order valence-corrected chi connectivity index (χ2v) is 4.31. The van der Waals surface area contributed by atoms with Crippen molar-refractivity contribution in [3.63, 3.8) is 0 Å². The summed E-state index contributed by atoms with van der Waals surface area (Å²) in [5, 5.41) is 2.99. The van der Waals surface area contributed by atoms with Crippen molar-refractivity contribution in [1.82, 2.24) is 9.88 Å². The van der Waals surface area contributed by atoms with Crippen LogP contribution in [-0.2, 0) is 11.8 Å². The van der Waals surface area contributed by atoms with Gasteiger partial charge in [0.15, 0.2) is 5.58 Å². The number of amides is 1. The molecule has 1 amide bonds. The molecule has 0 spiro atoms. The van der Waals surface area contributed by atoms with Crippen LogP contribution in [0.4, 0.5) is 5.69 Å². The summed E-state index contributed by atoms with van der Waals surface area (Å²) in [5.41, 5.74) is 1.92. The van der Waals surface area contributed by atoms with Crippen molar-refractivity contribution < 1.29 is 9.21 Å². The lowest BCUT2D eigenvalue weighted by molar-refractivity contribution is -0.117. The van der Waals surface area contributed by atoms with E-state index in [1.54, 1.807) is 37.2 Å². The molecule has 0 saturated heterocycles. The number of oxazole rings is 1. The molecule has 2 rings (SSSR count). The second kappa shape index (κ2) is 5.27. The molecule has 0 unspecified atom stereocenters. The van der Waals surface area contributed by atoms with Crippen LogP contribution in [0.2, 0.25) is 0 Å². The summed E-state index contributed by atoms with van der Waals surface area (Å²) in [6.45, 7) is 2.98. The van der Waals surface area contributed by atoms with E-state index in [1.807, 2.05) is 6.92 Å². The number of aromatic nitrogens is 1. The molecule has 0 bridgehead atoms. The third-order valence-corrected chi connectivity index (χ3v) is 3.06. The summed E-state index contributed by atoms with van der Waals surface area (Å²) in [6.07, 6.45) is 0. The number of benzene rings is 1. The fraction of sp³-hybridized carbons (Fsp3) is 0.385. The number of hydrogen-bond acceptors (Lipinski definition) is 4. The van der Waals surface area contributed by atoms with Gasteiger partial charge in [-0.05, 0) is 24.7 Å². The van der Waals surface area contributed by atoms with Crippen molar-refractivity contribution in [2.45, 2.75) is 6.92 Å². The topological polar surface area (TPSA) is 67.5 Å². The van der Waals surface area contributed by atoms with Crippen molar-refractivity contribution in [3.8, 4) is 0 Å². The number of nitrogens with one attached hydrogen (secondary N) is 1. The van der Waals surface area contributed by atoms with Gasteiger partial charge in [-0.15, -0.1) is 0 Å². The van der Waals surface area contributed by atoms with Gasteiger partial charge in [-0.3, -0.25) is 9.36 Å². The molecule has 102 valence electrons. The molecule has 1 aromatic heterocycles. The molecular formula is C13H17N3O3. The Labute approximate surface area is 110 Å². The van der Waals surface area contributed by atoms with E-state index in [4.69, 9.17) is 4.42 Å². The van der Waals surface area contributed by atoms with Gasteiger partial charge in [-0.2, -0.15) is 0 Å². The number of nitrogens with zero attached hydrogens (tertiary/aromatic N) is 2. The van der Waals surface area contributed by atoms with Gasteiger partial charge in [0.2, 0.25) is 5.91 Å². The van der Waals surface area contributed by atoms with Gasteiger partial charge in [-0.25, -0.2) is 4.79 Å². The fourth-order valence-corrected chi connectivity index (χ4v) is 1.82. The van der Waals surface area contributed by atoms with E-state index in [-0.39, 0.29) is 12.5 Å². The van der Waals surface area contributed by atoms with Gasteiger partial charge in [0.1, 0.15) is 0 Å². The van der Waals surface area contributed by atoms with Crippen molar-refractivity contribution in [1.29, 1.82) is 0 Å². The molecule has 0 fully saturated rings. The highest BCUT2D eigenvalue weighted by Gasteiger charge is 2.13. The van der Waals surface area contributed by atoms with Crippen LogP contribution in [-0.4, -0.2) is 30.6 Å². The quantitative estimate of drug-likeness (QED) is 0.882. The average molecular weight is 263 g/mol. The zero-order valence-corrected chi connectivity index (χ0v) is 11.3. The number of carbonyl (C=O) groups excluding carboxylic acids is 1. The lowest BCUT2D eigenvalue weighted by Gasteiger charge is -2.17. The number of carbonyl (C=O) groups is 1. The highest BCUT2D eigenvalue weighted by Crippen LogP contribution is 2.20. The van der Waals surface area contributed by atoms with E-state index in [1.165, 1.54) is 4.57 Å². The van der Waals surface area contributed by atoms with E-state index in [0.29, 0.717) is 11.1 Å². The third-order valence-electron chi connectivity index (χ3n) is 3.06. The van der Waals surface area contributed by atoms with E-state index >= 15 is 0 Å². The Kier molecular flexibility index (Phi) is 3.71. The van der Waals surface area contributed by atoms with Crippen molar-refractivity contribution in [3.05, 3.63) is 28.7 Å². The highest BCUT2D eigenvalue weighted by molar-refractivity contribution is 5.95. The average Bonchev–Trinajstić information content (AvgIpc) is 2.70. The van der Waals surface area contributed by atoms with Crippen LogP contribution in [0.25, 0.3) is 11.1 Å². The maximum absolute atomic E-state index is 11.9. The Balaban J connectivity index is 2.32. The lowest BCUT2D eigenvalue weighted by Crippen LogP contribution is -2.35. The molecule has 6 nitrogen and oxygen atoms in total. The first-order chi connectivity index (χ1) is 9.04. The molecule has 1 aromatic carbocycles. The largest absolute Gasteiger partial charge is 0.419 e. The molecule has 0 aliphatic rings. The number of anilines is 1. The Bertz CT molecular complexity index is 657. The maximum atomic E-state index is 11.9. The molecule has 6 heteroatoms. The van der Waals surface area contributed by atoms with Gasteiger partial charge in [0.05, 0.1) is 12.1 Å². The van der Waals surface area contributed by atoms with E-state index in [2.05, 4.69) is 5.32 Å². The summed E-state index contributed by atoms with van der Waals surface area (Å²) < 4.78 is 6.47. The molecule has 0 atom stereocenters. The summed E-state index contributed by atoms with van der Waals surface area (Å²) in [5.74, 6) is -0.441. The molecule has 2 aromatic rings. The van der Waals surface area contributed by atoms with Crippen LogP contribution in [0, 0.1) is 0 Å². The minimum atomic E-state index is -0.409. The molecule has 1 N–H and O–H groups in total. The van der Waals surface area contributed by atoms with Crippen LogP contribution in [0.3, 0.4) is 0 Å². The second-order valence-electron chi connectivity index (χ2n) is 4.31. The van der Waals surface area contributed by atoms with Crippen LogP contribution < -0.4 is 16.0 Å². The molecular weight excluding hydrogens is 246 g/mol. The number of rotatable bonds is 4. The Morgan fingerprint density at radius 3 is 2.89 bits per heavy atom. The Morgan fingerprint density at radius 2 is 2.21 bits per heavy atom. The number of fused-ring (bicyclic) bond motifs is 1. The van der Waals surface area contributed by atoms with Gasteiger partial charge < -0.3 is 14.6 Å². The van der Waals surface area contributed by atoms with Crippen LogP contribution in [0.5, 0.6) is 0 Å². The maximum Gasteiger partial charge on any atom is 0.419 e. The van der Waals surface area contributed by atoms with E-state index < -0.39 is 5.76 Å². The molecule has 19 heavy (non-hydrogen) atoms. The van der Waals surface area contributed by atoms with Crippen molar-refractivity contribution in [2.75, 3.05) is 25.0 Å². The molecule has 0 radical (unpaired) electrons. The van der Waals surface area contributed by atoms with Crippen molar-refractivity contribution >= 4 is 22.7 Å². The van der Waals surface area contributed by atoms with Crippen LogP contribution >= 0.6 is 0 Å². The van der Waals surface area contributed by atoms with Gasteiger partial charge in [0, 0.05) is 19.8 Å². The molecule has 0 aliphatic carbocycles. The summed E-state index contributed by atoms with van der Waals surface area (Å²) in [6, 6.07) is 5.22. The summed E-state index contributed by atoms with van der Waals surface area (Å²) >= 11 is 0.